The normalized spacial score (nSPS) is 10.3. The summed E-state index contributed by atoms with van der Waals surface area (Å²) < 4.78 is 5.40. The number of aromatic nitrogens is 1. The standard InChI is InChI=1S/C16H18N2O4S/c1-3-22-13-6-4-11(5-7-13)16-17-12(10-23-16)8-14(19)18(2)9-15(20)21/h4-7,10H,3,8-9H2,1-2H3,(H,20,21). The summed E-state index contributed by atoms with van der Waals surface area (Å²) in [5.41, 5.74) is 1.59. The monoisotopic (exact) mass is 334 g/mol. The molecule has 0 atom stereocenters. The fourth-order valence-corrected chi connectivity index (χ4v) is 2.79. The first-order chi connectivity index (χ1) is 11.0. The third-order valence-corrected chi connectivity index (χ3v) is 4.03. The second-order valence-electron chi connectivity index (χ2n) is 4.92. The zero-order valence-corrected chi connectivity index (χ0v) is 13.8. The third kappa shape index (κ3) is 4.79. The van der Waals surface area contributed by atoms with Gasteiger partial charge in [0.05, 0.1) is 18.7 Å². The van der Waals surface area contributed by atoms with Crippen LogP contribution in [0.5, 0.6) is 5.75 Å². The third-order valence-electron chi connectivity index (χ3n) is 3.09. The summed E-state index contributed by atoms with van der Waals surface area (Å²) in [6.07, 6.45) is 0.0946. The summed E-state index contributed by atoms with van der Waals surface area (Å²) in [6, 6.07) is 7.61. The van der Waals surface area contributed by atoms with Crippen molar-refractivity contribution in [3.8, 4) is 16.3 Å². The molecule has 0 aliphatic heterocycles. The number of hydrogen-bond donors (Lipinski definition) is 1. The predicted octanol–water partition coefficient (Wildman–Crippen LogP) is 2.29. The highest BCUT2D eigenvalue weighted by Gasteiger charge is 2.15. The molecule has 0 aliphatic carbocycles. The van der Waals surface area contributed by atoms with E-state index in [-0.39, 0.29) is 18.9 Å². The maximum absolute atomic E-state index is 11.9. The Kier molecular flexibility index (Phi) is 5.70. The van der Waals surface area contributed by atoms with E-state index < -0.39 is 5.97 Å². The van der Waals surface area contributed by atoms with Crippen LogP contribution in [0.1, 0.15) is 12.6 Å². The molecule has 1 amide bonds. The van der Waals surface area contributed by atoms with E-state index in [9.17, 15) is 9.59 Å². The molecule has 2 rings (SSSR count). The molecular formula is C16H18N2O4S. The summed E-state index contributed by atoms with van der Waals surface area (Å²) >= 11 is 1.45. The van der Waals surface area contributed by atoms with E-state index in [0.29, 0.717) is 12.3 Å². The number of thiazole rings is 1. The van der Waals surface area contributed by atoms with Crippen LogP contribution in [0.2, 0.25) is 0 Å². The topological polar surface area (TPSA) is 79.7 Å². The average molecular weight is 334 g/mol. The molecule has 0 saturated heterocycles. The number of ether oxygens (including phenoxy) is 1. The number of hydrogen-bond acceptors (Lipinski definition) is 5. The lowest BCUT2D eigenvalue weighted by molar-refractivity contribution is -0.143. The Labute approximate surface area is 138 Å². The summed E-state index contributed by atoms with van der Waals surface area (Å²) in [7, 11) is 1.47. The number of aliphatic carboxylic acids is 1. The average Bonchev–Trinajstić information content (AvgIpc) is 2.96. The number of amides is 1. The van der Waals surface area contributed by atoms with Crippen LogP contribution in [0.4, 0.5) is 0 Å². The SMILES string of the molecule is CCOc1ccc(-c2nc(CC(=O)N(C)CC(=O)O)cs2)cc1. The number of likely N-dealkylation sites (N-methyl/N-ethyl adjacent to an activating group) is 1. The molecule has 1 heterocycles. The lowest BCUT2D eigenvalue weighted by Crippen LogP contribution is -2.33. The lowest BCUT2D eigenvalue weighted by atomic mass is 10.2. The molecule has 7 heteroatoms. The highest BCUT2D eigenvalue weighted by molar-refractivity contribution is 7.13. The van der Waals surface area contributed by atoms with Crippen LogP contribution in [-0.4, -0.2) is 47.1 Å². The van der Waals surface area contributed by atoms with Crippen molar-refractivity contribution in [1.29, 1.82) is 0 Å². The Morgan fingerprint density at radius 2 is 2.00 bits per heavy atom. The maximum atomic E-state index is 11.9. The summed E-state index contributed by atoms with van der Waals surface area (Å²) in [4.78, 5) is 28.2. The van der Waals surface area contributed by atoms with Crippen molar-refractivity contribution in [3.05, 3.63) is 35.3 Å². The van der Waals surface area contributed by atoms with E-state index in [1.54, 1.807) is 0 Å². The van der Waals surface area contributed by atoms with Gasteiger partial charge in [0.25, 0.3) is 0 Å². The van der Waals surface area contributed by atoms with Crippen molar-refractivity contribution < 1.29 is 19.4 Å². The van der Waals surface area contributed by atoms with Crippen molar-refractivity contribution in [1.82, 2.24) is 9.88 Å². The van der Waals surface area contributed by atoms with Gasteiger partial charge in [-0.15, -0.1) is 11.3 Å². The number of benzene rings is 1. The van der Waals surface area contributed by atoms with E-state index in [2.05, 4.69) is 4.98 Å². The van der Waals surface area contributed by atoms with Gasteiger partial charge in [0.15, 0.2) is 0 Å². The van der Waals surface area contributed by atoms with Gasteiger partial charge >= 0.3 is 5.97 Å². The Bertz CT molecular complexity index is 682. The molecule has 1 N–H and O–H groups in total. The zero-order valence-electron chi connectivity index (χ0n) is 13.0. The molecule has 0 bridgehead atoms. The van der Waals surface area contributed by atoms with Gasteiger partial charge in [-0.1, -0.05) is 0 Å². The highest BCUT2D eigenvalue weighted by atomic mass is 32.1. The number of carbonyl (C=O) groups is 2. The van der Waals surface area contributed by atoms with Crippen molar-refractivity contribution in [3.63, 3.8) is 0 Å². The molecule has 0 radical (unpaired) electrons. The van der Waals surface area contributed by atoms with Gasteiger partial charge in [0.1, 0.15) is 17.3 Å². The van der Waals surface area contributed by atoms with Gasteiger partial charge in [0, 0.05) is 18.0 Å². The molecule has 2 aromatic rings. The molecule has 0 aliphatic rings. The molecule has 6 nitrogen and oxygen atoms in total. The first-order valence-electron chi connectivity index (χ1n) is 7.13. The van der Waals surface area contributed by atoms with Gasteiger partial charge in [-0.2, -0.15) is 0 Å². The van der Waals surface area contributed by atoms with E-state index in [1.165, 1.54) is 23.3 Å². The maximum Gasteiger partial charge on any atom is 0.323 e. The molecule has 0 fully saturated rings. The summed E-state index contributed by atoms with van der Waals surface area (Å²) in [6.45, 7) is 2.24. The second kappa shape index (κ2) is 7.73. The van der Waals surface area contributed by atoms with Crippen LogP contribution >= 0.6 is 11.3 Å². The molecule has 0 spiro atoms. The van der Waals surface area contributed by atoms with Gasteiger partial charge in [-0.05, 0) is 31.2 Å². The van der Waals surface area contributed by atoms with E-state index >= 15 is 0 Å². The van der Waals surface area contributed by atoms with Crippen LogP contribution in [0.25, 0.3) is 10.6 Å². The quantitative estimate of drug-likeness (QED) is 0.840. The van der Waals surface area contributed by atoms with Crippen LogP contribution in [0.15, 0.2) is 29.6 Å². The van der Waals surface area contributed by atoms with Crippen molar-refractivity contribution in [2.75, 3.05) is 20.2 Å². The van der Waals surface area contributed by atoms with Crippen LogP contribution in [0, 0.1) is 0 Å². The van der Waals surface area contributed by atoms with Gasteiger partial charge in [-0.3, -0.25) is 9.59 Å². The Balaban J connectivity index is 2.02. The van der Waals surface area contributed by atoms with E-state index in [1.807, 2.05) is 36.6 Å². The van der Waals surface area contributed by atoms with Gasteiger partial charge in [0.2, 0.25) is 5.91 Å². The molecular weight excluding hydrogens is 316 g/mol. The molecule has 0 saturated carbocycles. The first-order valence-corrected chi connectivity index (χ1v) is 8.01. The fourth-order valence-electron chi connectivity index (χ4n) is 1.96. The number of carboxylic acid groups (broad SMARTS) is 1. The summed E-state index contributed by atoms with van der Waals surface area (Å²) in [5.74, 6) is -0.497. The number of nitrogens with zero attached hydrogens (tertiary/aromatic N) is 2. The molecule has 122 valence electrons. The molecule has 1 aromatic heterocycles. The summed E-state index contributed by atoms with van der Waals surface area (Å²) in [5, 5.41) is 11.3. The minimum atomic E-state index is -1.03. The number of rotatable bonds is 7. The Morgan fingerprint density at radius 1 is 1.30 bits per heavy atom. The first kappa shape index (κ1) is 17.0. The van der Waals surface area contributed by atoms with Crippen LogP contribution < -0.4 is 4.74 Å². The fraction of sp³-hybridized carbons (Fsp3) is 0.312. The molecule has 23 heavy (non-hydrogen) atoms. The van der Waals surface area contributed by atoms with Crippen molar-refractivity contribution >= 4 is 23.2 Å². The predicted molar refractivity (Wildman–Crippen MR) is 87.7 cm³/mol. The Morgan fingerprint density at radius 3 is 2.61 bits per heavy atom. The molecule has 0 unspecified atom stereocenters. The minimum absolute atomic E-state index is 0.0946. The highest BCUT2D eigenvalue weighted by Crippen LogP contribution is 2.26. The van der Waals surface area contributed by atoms with Crippen LogP contribution in [0.3, 0.4) is 0 Å². The zero-order chi connectivity index (χ0) is 16.8. The molecule has 1 aromatic carbocycles. The van der Waals surface area contributed by atoms with E-state index in [4.69, 9.17) is 9.84 Å². The smallest absolute Gasteiger partial charge is 0.323 e. The second-order valence-corrected chi connectivity index (χ2v) is 5.78. The van der Waals surface area contributed by atoms with Gasteiger partial charge < -0.3 is 14.7 Å². The van der Waals surface area contributed by atoms with Gasteiger partial charge in [-0.25, -0.2) is 4.98 Å². The van der Waals surface area contributed by atoms with Crippen LogP contribution in [-0.2, 0) is 16.0 Å². The Hall–Kier alpha value is -2.41. The number of carbonyl (C=O) groups excluding carboxylic acids is 1. The lowest BCUT2D eigenvalue weighted by Gasteiger charge is -2.13. The minimum Gasteiger partial charge on any atom is -0.494 e. The van der Waals surface area contributed by atoms with E-state index in [0.717, 1.165) is 16.3 Å². The largest absolute Gasteiger partial charge is 0.494 e. The van der Waals surface area contributed by atoms with Crippen molar-refractivity contribution in [2.45, 2.75) is 13.3 Å². The number of carboxylic acids is 1. The van der Waals surface area contributed by atoms with Crippen molar-refractivity contribution in [2.24, 2.45) is 0 Å².